The fourth-order valence-corrected chi connectivity index (χ4v) is 1.57. The summed E-state index contributed by atoms with van der Waals surface area (Å²) in [6, 6.07) is 0. The molecule has 2 rings (SSSR count). The van der Waals surface area contributed by atoms with E-state index in [1.807, 2.05) is 4.90 Å². The van der Waals surface area contributed by atoms with Gasteiger partial charge in [-0.05, 0) is 15.9 Å². The molecule has 2 aliphatic rings. The Hall–Kier alpha value is -0.840. The second-order valence-electron chi connectivity index (χ2n) is 2.32. The average molecular weight is 215 g/mol. The van der Waals surface area contributed by atoms with Crippen LogP contribution in [0.3, 0.4) is 0 Å². The van der Waals surface area contributed by atoms with Crippen LogP contribution in [0.1, 0.15) is 0 Å². The van der Waals surface area contributed by atoms with E-state index in [0.717, 1.165) is 23.5 Å². The van der Waals surface area contributed by atoms with Crippen LogP contribution in [-0.2, 0) is 0 Å². The third-order valence-electron chi connectivity index (χ3n) is 1.64. The minimum atomic E-state index is 0.505. The van der Waals surface area contributed by atoms with Gasteiger partial charge in [0.05, 0.1) is 12.7 Å². The Morgan fingerprint density at radius 2 is 2.45 bits per heavy atom. The molecule has 0 aromatic carbocycles. The quantitative estimate of drug-likeness (QED) is 0.589. The van der Waals surface area contributed by atoms with Crippen molar-refractivity contribution in [3.05, 3.63) is 10.8 Å². The number of halogens is 1. The Labute approximate surface area is 72.6 Å². The van der Waals surface area contributed by atoms with Crippen molar-refractivity contribution in [1.29, 1.82) is 0 Å². The maximum Gasteiger partial charge on any atom is 0.171 e. The number of hydrogen-bond acceptors (Lipinski definition) is 4. The SMILES string of the molecule is NC1=NC=C(Br)N2CCN=C12. The summed E-state index contributed by atoms with van der Waals surface area (Å²) in [6.07, 6.45) is 1.69. The van der Waals surface area contributed by atoms with Crippen LogP contribution in [-0.4, -0.2) is 29.7 Å². The molecule has 0 aromatic heterocycles. The summed E-state index contributed by atoms with van der Waals surface area (Å²) in [5.74, 6) is 1.30. The molecule has 0 aliphatic carbocycles. The number of nitrogens with zero attached hydrogens (tertiary/aromatic N) is 3. The molecule has 0 radical (unpaired) electrons. The Morgan fingerprint density at radius 1 is 1.64 bits per heavy atom. The first-order valence-electron chi connectivity index (χ1n) is 3.30. The zero-order valence-corrected chi connectivity index (χ0v) is 7.37. The second-order valence-corrected chi connectivity index (χ2v) is 3.14. The van der Waals surface area contributed by atoms with Gasteiger partial charge in [-0.1, -0.05) is 0 Å². The summed E-state index contributed by atoms with van der Waals surface area (Å²) in [6.45, 7) is 1.69. The first kappa shape index (κ1) is 6.84. The summed E-state index contributed by atoms with van der Waals surface area (Å²) in [5, 5.41) is 0. The van der Waals surface area contributed by atoms with E-state index >= 15 is 0 Å². The number of aliphatic imine (C=N–C) groups is 2. The van der Waals surface area contributed by atoms with Crippen molar-refractivity contribution < 1.29 is 0 Å². The lowest BCUT2D eigenvalue weighted by molar-refractivity contribution is 0.601. The molecule has 4 nitrogen and oxygen atoms in total. The van der Waals surface area contributed by atoms with Gasteiger partial charge in [0, 0.05) is 6.54 Å². The molecular weight excluding hydrogens is 208 g/mol. The van der Waals surface area contributed by atoms with Crippen molar-refractivity contribution in [2.75, 3.05) is 13.1 Å². The van der Waals surface area contributed by atoms with E-state index in [1.165, 1.54) is 0 Å². The van der Waals surface area contributed by atoms with Crippen LogP contribution >= 0.6 is 15.9 Å². The molecule has 0 atom stereocenters. The second kappa shape index (κ2) is 2.34. The molecule has 0 spiro atoms. The highest BCUT2D eigenvalue weighted by molar-refractivity contribution is 9.11. The van der Waals surface area contributed by atoms with Crippen LogP contribution < -0.4 is 5.73 Å². The summed E-state index contributed by atoms with van der Waals surface area (Å²) >= 11 is 3.37. The van der Waals surface area contributed by atoms with Crippen molar-refractivity contribution in [3.8, 4) is 0 Å². The van der Waals surface area contributed by atoms with E-state index in [0.29, 0.717) is 5.84 Å². The van der Waals surface area contributed by atoms with E-state index < -0.39 is 0 Å². The van der Waals surface area contributed by atoms with E-state index in [-0.39, 0.29) is 0 Å². The first-order valence-corrected chi connectivity index (χ1v) is 4.09. The van der Waals surface area contributed by atoms with Gasteiger partial charge in [0.25, 0.3) is 0 Å². The molecule has 0 bridgehead atoms. The lowest BCUT2D eigenvalue weighted by Crippen LogP contribution is -2.38. The molecule has 0 unspecified atom stereocenters. The lowest BCUT2D eigenvalue weighted by atomic mass is 10.4. The Bertz CT molecular complexity index is 278. The Balaban J connectivity index is 2.42. The van der Waals surface area contributed by atoms with Gasteiger partial charge in [0.2, 0.25) is 0 Å². The summed E-state index contributed by atoms with van der Waals surface area (Å²) in [7, 11) is 0. The van der Waals surface area contributed by atoms with Crippen LogP contribution in [0.4, 0.5) is 0 Å². The molecule has 2 heterocycles. The molecule has 0 fully saturated rings. The standard InChI is InChI=1S/C6H7BrN4/c7-4-3-10-5(8)6-9-1-2-11(4)6/h3H,1-2H2,(H2,8,10). The van der Waals surface area contributed by atoms with E-state index in [2.05, 4.69) is 25.9 Å². The summed E-state index contributed by atoms with van der Waals surface area (Å²) in [5.41, 5.74) is 5.59. The molecule has 0 saturated heterocycles. The van der Waals surface area contributed by atoms with Crippen LogP contribution in [0.25, 0.3) is 0 Å². The van der Waals surface area contributed by atoms with Crippen molar-refractivity contribution in [2.45, 2.75) is 0 Å². The maximum atomic E-state index is 5.59. The van der Waals surface area contributed by atoms with Gasteiger partial charge in [-0.15, -0.1) is 0 Å². The molecule has 5 heteroatoms. The highest BCUT2D eigenvalue weighted by atomic mass is 79.9. The van der Waals surface area contributed by atoms with E-state index in [1.54, 1.807) is 6.20 Å². The van der Waals surface area contributed by atoms with Crippen LogP contribution in [0, 0.1) is 0 Å². The van der Waals surface area contributed by atoms with E-state index in [9.17, 15) is 0 Å². The number of rotatable bonds is 0. The van der Waals surface area contributed by atoms with Gasteiger partial charge in [0.15, 0.2) is 11.7 Å². The van der Waals surface area contributed by atoms with Gasteiger partial charge in [-0.25, -0.2) is 4.99 Å². The first-order chi connectivity index (χ1) is 5.29. The maximum absolute atomic E-state index is 5.59. The Kier molecular flexibility index (Phi) is 1.45. The number of hydrogen-bond donors (Lipinski definition) is 1. The minimum absolute atomic E-state index is 0.505. The van der Waals surface area contributed by atoms with Crippen molar-refractivity contribution in [1.82, 2.24) is 4.90 Å². The predicted octanol–water partition coefficient (Wildman–Crippen LogP) is 0.265. The van der Waals surface area contributed by atoms with Gasteiger partial charge in [-0.3, -0.25) is 4.99 Å². The molecule has 2 aliphatic heterocycles. The highest BCUT2D eigenvalue weighted by Gasteiger charge is 2.24. The lowest BCUT2D eigenvalue weighted by Gasteiger charge is -2.21. The third-order valence-corrected chi connectivity index (χ3v) is 2.27. The zero-order valence-electron chi connectivity index (χ0n) is 5.79. The summed E-state index contributed by atoms with van der Waals surface area (Å²) in [4.78, 5) is 10.2. The number of fused-ring (bicyclic) bond motifs is 1. The Morgan fingerprint density at radius 3 is 3.18 bits per heavy atom. The fraction of sp³-hybridized carbons (Fsp3) is 0.333. The fourth-order valence-electron chi connectivity index (χ4n) is 1.12. The van der Waals surface area contributed by atoms with Gasteiger partial charge >= 0.3 is 0 Å². The number of amidine groups is 2. The van der Waals surface area contributed by atoms with E-state index in [4.69, 9.17) is 5.73 Å². The van der Waals surface area contributed by atoms with Crippen molar-refractivity contribution in [3.63, 3.8) is 0 Å². The number of nitrogens with two attached hydrogens (primary N) is 1. The average Bonchev–Trinajstić information content (AvgIpc) is 2.45. The monoisotopic (exact) mass is 214 g/mol. The molecule has 0 amide bonds. The molecule has 58 valence electrons. The topological polar surface area (TPSA) is 54.0 Å². The third kappa shape index (κ3) is 0.956. The van der Waals surface area contributed by atoms with Crippen LogP contribution in [0.2, 0.25) is 0 Å². The van der Waals surface area contributed by atoms with Crippen LogP contribution in [0.15, 0.2) is 20.8 Å². The van der Waals surface area contributed by atoms with Crippen molar-refractivity contribution >= 4 is 27.6 Å². The van der Waals surface area contributed by atoms with Crippen molar-refractivity contribution in [2.24, 2.45) is 15.7 Å². The minimum Gasteiger partial charge on any atom is -0.381 e. The molecule has 0 saturated carbocycles. The van der Waals surface area contributed by atoms with Gasteiger partial charge < -0.3 is 10.6 Å². The van der Waals surface area contributed by atoms with Gasteiger partial charge in [-0.2, -0.15) is 0 Å². The normalized spacial score (nSPS) is 22.3. The van der Waals surface area contributed by atoms with Crippen LogP contribution in [0.5, 0.6) is 0 Å². The highest BCUT2D eigenvalue weighted by Crippen LogP contribution is 2.19. The predicted molar refractivity (Wildman–Crippen MR) is 47.6 cm³/mol. The summed E-state index contributed by atoms with van der Waals surface area (Å²) < 4.78 is 0.933. The molecule has 2 N–H and O–H groups in total. The largest absolute Gasteiger partial charge is 0.381 e. The van der Waals surface area contributed by atoms with Gasteiger partial charge in [0.1, 0.15) is 4.61 Å². The smallest absolute Gasteiger partial charge is 0.171 e. The zero-order chi connectivity index (χ0) is 7.84. The molecular formula is C6H7BrN4. The molecule has 0 aromatic rings. The molecule has 11 heavy (non-hydrogen) atoms.